The summed E-state index contributed by atoms with van der Waals surface area (Å²) in [6.45, 7) is -0.325. The van der Waals surface area contributed by atoms with Gasteiger partial charge in [-0.3, -0.25) is 4.98 Å². The number of rotatable bonds is 4. The second kappa shape index (κ2) is 6.76. The summed E-state index contributed by atoms with van der Waals surface area (Å²) in [6.07, 6.45) is 1.52. The van der Waals surface area contributed by atoms with E-state index in [1.165, 1.54) is 18.5 Å². The van der Waals surface area contributed by atoms with Crippen molar-refractivity contribution < 1.29 is 18.7 Å². The molecule has 0 aliphatic rings. The third-order valence-electron chi connectivity index (χ3n) is 2.73. The highest BCUT2D eigenvalue weighted by molar-refractivity contribution is 5.89. The van der Waals surface area contributed by atoms with Gasteiger partial charge in [-0.1, -0.05) is 6.07 Å². The van der Waals surface area contributed by atoms with E-state index in [4.69, 9.17) is 0 Å². The third-order valence-corrected chi connectivity index (χ3v) is 2.73. The number of urea groups is 1. The van der Waals surface area contributed by atoms with Gasteiger partial charge in [0.25, 0.3) is 0 Å². The van der Waals surface area contributed by atoms with Crippen molar-refractivity contribution in [2.75, 3.05) is 11.9 Å². The van der Waals surface area contributed by atoms with Gasteiger partial charge in [-0.25, -0.2) is 13.6 Å². The summed E-state index contributed by atoms with van der Waals surface area (Å²) in [5.41, 5.74) is 0.0378. The molecule has 7 heteroatoms. The Hall–Kier alpha value is -2.54. The normalized spacial score (nSPS) is 11.8. The van der Waals surface area contributed by atoms with Crippen molar-refractivity contribution in [1.29, 1.82) is 0 Å². The number of aliphatic hydroxyl groups excluding tert-OH is 1. The zero-order valence-electron chi connectivity index (χ0n) is 10.9. The van der Waals surface area contributed by atoms with E-state index in [9.17, 15) is 18.7 Å². The van der Waals surface area contributed by atoms with Crippen LogP contribution in [0.1, 0.15) is 11.7 Å². The molecule has 1 atom stereocenters. The summed E-state index contributed by atoms with van der Waals surface area (Å²) >= 11 is 0. The van der Waals surface area contributed by atoms with Crippen molar-refractivity contribution in [2.45, 2.75) is 6.10 Å². The number of aromatic nitrogens is 1. The molecule has 2 amide bonds. The Bertz CT molecular complexity index is 603. The van der Waals surface area contributed by atoms with Gasteiger partial charge in [-0.15, -0.1) is 0 Å². The first-order valence-corrected chi connectivity index (χ1v) is 6.15. The van der Waals surface area contributed by atoms with Crippen LogP contribution in [-0.2, 0) is 0 Å². The smallest absolute Gasteiger partial charge is 0.319 e. The van der Waals surface area contributed by atoms with Gasteiger partial charge >= 0.3 is 6.03 Å². The lowest BCUT2D eigenvalue weighted by molar-refractivity contribution is 0.166. The standard InChI is InChI=1S/C14H13F2N3O2/c15-10-2-1-3-11(16)13(10)12(20)8-18-14(21)19-9-4-6-17-7-5-9/h1-7,12,20H,8H2,(H2,17,18,19,21). The average Bonchev–Trinajstić information content (AvgIpc) is 2.46. The summed E-state index contributed by atoms with van der Waals surface area (Å²) in [4.78, 5) is 15.4. The van der Waals surface area contributed by atoms with Crippen LogP contribution in [0.3, 0.4) is 0 Å². The number of amides is 2. The summed E-state index contributed by atoms with van der Waals surface area (Å²) in [5.74, 6) is -1.72. The van der Waals surface area contributed by atoms with Crippen LogP contribution >= 0.6 is 0 Å². The van der Waals surface area contributed by atoms with Crippen molar-refractivity contribution in [3.8, 4) is 0 Å². The number of anilines is 1. The number of aliphatic hydroxyl groups is 1. The number of hydrogen-bond donors (Lipinski definition) is 3. The number of halogens is 2. The van der Waals surface area contributed by atoms with Gasteiger partial charge in [0.2, 0.25) is 0 Å². The Kier molecular flexibility index (Phi) is 4.78. The van der Waals surface area contributed by atoms with Crippen LogP contribution in [0.15, 0.2) is 42.7 Å². The van der Waals surface area contributed by atoms with Crippen LogP contribution in [0.4, 0.5) is 19.3 Å². The van der Waals surface area contributed by atoms with E-state index in [-0.39, 0.29) is 6.54 Å². The minimum absolute atomic E-state index is 0.325. The first-order valence-electron chi connectivity index (χ1n) is 6.15. The molecule has 0 saturated carbocycles. The molecule has 3 N–H and O–H groups in total. The molecule has 1 unspecified atom stereocenters. The van der Waals surface area contributed by atoms with Crippen LogP contribution < -0.4 is 10.6 Å². The zero-order valence-corrected chi connectivity index (χ0v) is 10.9. The molecular weight excluding hydrogens is 280 g/mol. The second-order valence-corrected chi connectivity index (χ2v) is 4.22. The fourth-order valence-electron chi connectivity index (χ4n) is 1.73. The molecule has 1 heterocycles. The number of nitrogens with zero attached hydrogens (tertiary/aromatic N) is 1. The lowest BCUT2D eigenvalue weighted by atomic mass is 10.1. The summed E-state index contributed by atoms with van der Waals surface area (Å²) < 4.78 is 26.9. The van der Waals surface area contributed by atoms with Crippen LogP contribution in [0, 0.1) is 11.6 Å². The van der Waals surface area contributed by atoms with Crippen molar-refractivity contribution in [3.05, 3.63) is 59.9 Å². The summed E-state index contributed by atoms with van der Waals surface area (Å²) in [6, 6.07) is 5.83. The second-order valence-electron chi connectivity index (χ2n) is 4.22. The lowest BCUT2D eigenvalue weighted by Gasteiger charge is -2.14. The molecule has 0 fully saturated rings. The van der Waals surface area contributed by atoms with E-state index >= 15 is 0 Å². The van der Waals surface area contributed by atoms with E-state index in [1.807, 2.05) is 0 Å². The molecule has 2 aromatic rings. The number of nitrogens with one attached hydrogen (secondary N) is 2. The Morgan fingerprint density at radius 1 is 1.19 bits per heavy atom. The molecule has 0 spiro atoms. The highest BCUT2D eigenvalue weighted by atomic mass is 19.1. The molecule has 2 rings (SSSR count). The van der Waals surface area contributed by atoms with Gasteiger partial charge < -0.3 is 15.7 Å². The Labute approximate surface area is 119 Å². The minimum Gasteiger partial charge on any atom is -0.386 e. The molecule has 0 aliphatic heterocycles. The molecule has 0 aliphatic carbocycles. The molecule has 0 saturated heterocycles. The van der Waals surface area contributed by atoms with Crippen LogP contribution in [0.5, 0.6) is 0 Å². The van der Waals surface area contributed by atoms with Crippen LogP contribution in [0.25, 0.3) is 0 Å². The van der Waals surface area contributed by atoms with Crippen molar-refractivity contribution in [3.63, 3.8) is 0 Å². The van der Waals surface area contributed by atoms with Gasteiger partial charge in [0, 0.05) is 24.6 Å². The molecular formula is C14H13F2N3O2. The monoisotopic (exact) mass is 293 g/mol. The largest absolute Gasteiger partial charge is 0.386 e. The SMILES string of the molecule is O=C(NCC(O)c1c(F)cccc1F)Nc1ccncc1. The fraction of sp³-hybridized carbons (Fsp3) is 0.143. The van der Waals surface area contributed by atoms with Crippen molar-refractivity contribution in [2.24, 2.45) is 0 Å². The molecule has 0 bridgehead atoms. The molecule has 1 aromatic heterocycles. The first-order chi connectivity index (χ1) is 10.1. The molecule has 21 heavy (non-hydrogen) atoms. The molecule has 1 aromatic carbocycles. The molecule has 0 radical (unpaired) electrons. The van der Waals surface area contributed by atoms with Gasteiger partial charge in [-0.2, -0.15) is 0 Å². The third kappa shape index (κ3) is 3.96. The van der Waals surface area contributed by atoms with Gasteiger partial charge in [0.05, 0.1) is 5.56 Å². The topological polar surface area (TPSA) is 74.2 Å². The molecule has 110 valence electrons. The van der Waals surface area contributed by atoms with E-state index in [1.54, 1.807) is 12.1 Å². The number of pyridine rings is 1. The van der Waals surface area contributed by atoms with Gasteiger partial charge in [-0.05, 0) is 24.3 Å². The van der Waals surface area contributed by atoms with E-state index in [2.05, 4.69) is 15.6 Å². The maximum atomic E-state index is 13.4. The predicted molar refractivity (Wildman–Crippen MR) is 72.6 cm³/mol. The van der Waals surface area contributed by atoms with Crippen LogP contribution in [-0.4, -0.2) is 22.7 Å². The Balaban J connectivity index is 1.92. The van der Waals surface area contributed by atoms with E-state index in [0.29, 0.717) is 5.69 Å². The number of carbonyl (C=O) groups is 1. The fourth-order valence-corrected chi connectivity index (χ4v) is 1.73. The number of hydrogen-bond acceptors (Lipinski definition) is 3. The van der Waals surface area contributed by atoms with Crippen molar-refractivity contribution >= 4 is 11.7 Å². The van der Waals surface area contributed by atoms with E-state index < -0.39 is 29.3 Å². The highest BCUT2D eigenvalue weighted by Gasteiger charge is 2.18. The quantitative estimate of drug-likeness (QED) is 0.809. The Morgan fingerprint density at radius 3 is 2.43 bits per heavy atom. The lowest BCUT2D eigenvalue weighted by Crippen LogP contribution is -2.32. The van der Waals surface area contributed by atoms with E-state index in [0.717, 1.165) is 12.1 Å². The maximum Gasteiger partial charge on any atom is 0.319 e. The summed E-state index contributed by atoms with van der Waals surface area (Å²) in [7, 11) is 0. The minimum atomic E-state index is -1.48. The maximum absolute atomic E-state index is 13.4. The molecule has 5 nitrogen and oxygen atoms in total. The number of benzene rings is 1. The van der Waals surface area contributed by atoms with Crippen LogP contribution in [0.2, 0.25) is 0 Å². The van der Waals surface area contributed by atoms with Gasteiger partial charge in [0.15, 0.2) is 0 Å². The van der Waals surface area contributed by atoms with Crippen molar-refractivity contribution in [1.82, 2.24) is 10.3 Å². The average molecular weight is 293 g/mol. The zero-order chi connectivity index (χ0) is 15.2. The van der Waals surface area contributed by atoms with Gasteiger partial charge in [0.1, 0.15) is 17.7 Å². The summed E-state index contributed by atoms with van der Waals surface area (Å²) in [5, 5.41) is 14.6. The number of carbonyl (C=O) groups excluding carboxylic acids is 1. The first kappa shape index (κ1) is 14.9. The predicted octanol–water partition coefficient (Wildman–Crippen LogP) is 2.21. The highest BCUT2D eigenvalue weighted by Crippen LogP contribution is 2.19. The Morgan fingerprint density at radius 2 is 1.81 bits per heavy atom.